The number of amides is 1. The zero-order valence-electron chi connectivity index (χ0n) is 10.4. The number of rotatable bonds is 3. The lowest BCUT2D eigenvalue weighted by molar-refractivity contribution is -0.132. The van der Waals surface area contributed by atoms with Crippen LogP contribution < -0.4 is 5.32 Å². The molecule has 1 N–H and O–H groups in total. The van der Waals surface area contributed by atoms with E-state index in [-0.39, 0.29) is 18.1 Å². The minimum Gasteiger partial charge on any atom is -0.381 e. The van der Waals surface area contributed by atoms with Crippen LogP contribution in [0.15, 0.2) is 0 Å². The van der Waals surface area contributed by atoms with Gasteiger partial charge in [0.25, 0.3) is 0 Å². The molecule has 0 spiro atoms. The van der Waals surface area contributed by atoms with Gasteiger partial charge in [-0.15, -0.1) is 0 Å². The molecular formula is C12H22N2O2. The highest BCUT2D eigenvalue weighted by Crippen LogP contribution is 2.30. The summed E-state index contributed by atoms with van der Waals surface area (Å²) in [6.45, 7) is 4.08. The molecule has 0 aromatic rings. The molecule has 4 nitrogen and oxygen atoms in total. The van der Waals surface area contributed by atoms with Crippen molar-refractivity contribution in [3.8, 4) is 0 Å². The number of hydrogen-bond acceptors (Lipinski definition) is 3. The zero-order chi connectivity index (χ0) is 11.7. The fourth-order valence-electron chi connectivity index (χ4n) is 2.95. The molecule has 0 aromatic heterocycles. The lowest BCUT2D eigenvalue weighted by Crippen LogP contribution is -2.43. The van der Waals surface area contributed by atoms with Crippen LogP contribution in [0.25, 0.3) is 0 Å². The normalized spacial score (nSPS) is 39.7. The first-order valence-corrected chi connectivity index (χ1v) is 6.28. The summed E-state index contributed by atoms with van der Waals surface area (Å²) in [4.78, 5) is 14.1. The quantitative estimate of drug-likeness (QED) is 0.784. The molecule has 1 amide bonds. The molecule has 1 aliphatic heterocycles. The Kier molecular flexibility index (Phi) is 3.50. The van der Waals surface area contributed by atoms with Crippen LogP contribution in [0.4, 0.5) is 0 Å². The van der Waals surface area contributed by atoms with E-state index >= 15 is 0 Å². The molecule has 4 heteroatoms. The van der Waals surface area contributed by atoms with E-state index in [0.717, 1.165) is 25.7 Å². The molecule has 2 rings (SSSR count). The molecule has 0 aromatic carbocycles. The van der Waals surface area contributed by atoms with Crippen molar-refractivity contribution in [1.29, 1.82) is 0 Å². The summed E-state index contributed by atoms with van der Waals surface area (Å²) in [6.07, 6.45) is 4.69. The van der Waals surface area contributed by atoms with Gasteiger partial charge in [-0.3, -0.25) is 10.1 Å². The van der Waals surface area contributed by atoms with Crippen molar-refractivity contribution < 1.29 is 9.53 Å². The molecule has 1 heterocycles. The van der Waals surface area contributed by atoms with E-state index in [4.69, 9.17) is 4.74 Å². The number of nitrogens with one attached hydrogen (secondary N) is 1. The zero-order valence-corrected chi connectivity index (χ0v) is 10.4. The summed E-state index contributed by atoms with van der Waals surface area (Å²) in [5.74, 6) is 0.258. The molecule has 4 atom stereocenters. The number of ether oxygens (including phenoxy) is 1. The molecule has 1 saturated heterocycles. The highest BCUT2D eigenvalue weighted by molar-refractivity contribution is 5.84. The maximum Gasteiger partial charge on any atom is 0.240 e. The van der Waals surface area contributed by atoms with E-state index < -0.39 is 0 Å². The first kappa shape index (κ1) is 11.9. The molecule has 4 unspecified atom stereocenters. The molecular weight excluding hydrogens is 204 g/mol. The summed E-state index contributed by atoms with van der Waals surface area (Å²) in [5.41, 5.74) is 0. The van der Waals surface area contributed by atoms with E-state index in [1.54, 1.807) is 7.11 Å². The van der Waals surface area contributed by atoms with Gasteiger partial charge in [0.05, 0.1) is 18.3 Å². The van der Waals surface area contributed by atoms with Gasteiger partial charge in [0.1, 0.15) is 0 Å². The van der Waals surface area contributed by atoms with Crippen molar-refractivity contribution in [1.82, 2.24) is 10.2 Å². The standard InChI is InChI=1S/C12H22N2O2/c1-4-11-13-8(2)12(15)14(11)9-5-6-10(7-9)16-3/h8-11,13H,4-7H2,1-3H3. The third-order valence-corrected chi connectivity index (χ3v) is 3.87. The van der Waals surface area contributed by atoms with Crippen molar-refractivity contribution in [3.05, 3.63) is 0 Å². The second-order valence-corrected chi connectivity index (χ2v) is 4.88. The molecule has 2 aliphatic rings. The van der Waals surface area contributed by atoms with Crippen LogP contribution in [0.3, 0.4) is 0 Å². The van der Waals surface area contributed by atoms with E-state index in [9.17, 15) is 4.79 Å². The van der Waals surface area contributed by atoms with Crippen molar-refractivity contribution in [3.63, 3.8) is 0 Å². The summed E-state index contributed by atoms with van der Waals surface area (Å²) >= 11 is 0. The van der Waals surface area contributed by atoms with Gasteiger partial charge in [-0.1, -0.05) is 6.92 Å². The fourth-order valence-corrected chi connectivity index (χ4v) is 2.95. The smallest absolute Gasteiger partial charge is 0.240 e. The predicted molar refractivity (Wildman–Crippen MR) is 62.0 cm³/mol. The first-order chi connectivity index (χ1) is 7.67. The highest BCUT2D eigenvalue weighted by Gasteiger charge is 2.42. The molecule has 0 bridgehead atoms. The maximum atomic E-state index is 12.1. The van der Waals surface area contributed by atoms with Crippen LogP contribution in [-0.2, 0) is 9.53 Å². The SMILES string of the molecule is CCC1NC(C)C(=O)N1C1CCC(OC)C1. The van der Waals surface area contributed by atoms with Gasteiger partial charge in [-0.2, -0.15) is 0 Å². The van der Waals surface area contributed by atoms with E-state index in [0.29, 0.717) is 12.1 Å². The average Bonchev–Trinajstić information content (AvgIpc) is 2.85. The summed E-state index contributed by atoms with van der Waals surface area (Å²) in [6, 6.07) is 0.353. The Labute approximate surface area is 97.3 Å². The topological polar surface area (TPSA) is 41.6 Å². The van der Waals surface area contributed by atoms with Gasteiger partial charge < -0.3 is 9.64 Å². The van der Waals surface area contributed by atoms with Gasteiger partial charge in [0, 0.05) is 13.2 Å². The Morgan fingerprint density at radius 3 is 2.81 bits per heavy atom. The Balaban J connectivity index is 2.05. The molecule has 16 heavy (non-hydrogen) atoms. The molecule has 1 aliphatic carbocycles. The monoisotopic (exact) mass is 226 g/mol. The predicted octanol–water partition coefficient (Wildman–Crippen LogP) is 1.11. The second kappa shape index (κ2) is 4.72. The summed E-state index contributed by atoms with van der Waals surface area (Å²) in [7, 11) is 1.76. The number of nitrogens with zero attached hydrogens (tertiary/aromatic N) is 1. The summed E-state index contributed by atoms with van der Waals surface area (Å²) < 4.78 is 5.37. The van der Waals surface area contributed by atoms with Crippen molar-refractivity contribution in [2.45, 2.75) is 63.9 Å². The lowest BCUT2D eigenvalue weighted by Gasteiger charge is -2.29. The Morgan fingerprint density at radius 2 is 2.25 bits per heavy atom. The minimum atomic E-state index is -0.0217. The van der Waals surface area contributed by atoms with Gasteiger partial charge >= 0.3 is 0 Å². The molecule has 0 radical (unpaired) electrons. The second-order valence-electron chi connectivity index (χ2n) is 4.88. The first-order valence-electron chi connectivity index (χ1n) is 6.28. The van der Waals surface area contributed by atoms with Crippen molar-refractivity contribution in [2.24, 2.45) is 0 Å². The number of carbonyl (C=O) groups excluding carboxylic acids is 1. The van der Waals surface area contributed by atoms with E-state index in [1.807, 2.05) is 6.92 Å². The fraction of sp³-hybridized carbons (Fsp3) is 0.917. The van der Waals surface area contributed by atoms with Crippen LogP contribution >= 0.6 is 0 Å². The van der Waals surface area contributed by atoms with Crippen LogP contribution in [0, 0.1) is 0 Å². The third kappa shape index (κ3) is 1.96. The number of hydrogen-bond donors (Lipinski definition) is 1. The van der Waals surface area contributed by atoms with E-state index in [2.05, 4.69) is 17.1 Å². The lowest BCUT2D eigenvalue weighted by atomic mass is 10.2. The van der Waals surface area contributed by atoms with Crippen LogP contribution in [0.5, 0.6) is 0 Å². The summed E-state index contributed by atoms with van der Waals surface area (Å²) in [5, 5.41) is 3.35. The third-order valence-electron chi connectivity index (χ3n) is 3.87. The van der Waals surface area contributed by atoms with Gasteiger partial charge in [-0.25, -0.2) is 0 Å². The number of carbonyl (C=O) groups is 1. The van der Waals surface area contributed by atoms with Crippen molar-refractivity contribution in [2.75, 3.05) is 7.11 Å². The Morgan fingerprint density at radius 1 is 1.50 bits per heavy atom. The Hall–Kier alpha value is -0.610. The van der Waals surface area contributed by atoms with Crippen molar-refractivity contribution >= 4 is 5.91 Å². The van der Waals surface area contributed by atoms with Gasteiger partial charge in [-0.05, 0) is 32.6 Å². The van der Waals surface area contributed by atoms with Crippen LogP contribution in [0.1, 0.15) is 39.5 Å². The molecule has 2 fully saturated rings. The Bertz CT molecular complexity index is 270. The largest absolute Gasteiger partial charge is 0.381 e. The molecule has 92 valence electrons. The maximum absolute atomic E-state index is 12.1. The van der Waals surface area contributed by atoms with Crippen LogP contribution in [0.2, 0.25) is 0 Å². The van der Waals surface area contributed by atoms with Gasteiger partial charge in [0.2, 0.25) is 5.91 Å². The molecule has 1 saturated carbocycles. The van der Waals surface area contributed by atoms with Gasteiger partial charge in [0.15, 0.2) is 0 Å². The highest BCUT2D eigenvalue weighted by atomic mass is 16.5. The van der Waals surface area contributed by atoms with E-state index in [1.165, 1.54) is 0 Å². The minimum absolute atomic E-state index is 0.0217. The average molecular weight is 226 g/mol. The van der Waals surface area contributed by atoms with Crippen LogP contribution in [-0.4, -0.2) is 42.3 Å². The number of methoxy groups -OCH3 is 1.